The molecule has 0 bridgehead atoms. The lowest BCUT2D eigenvalue weighted by atomic mass is 9.96. The van der Waals surface area contributed by atoms with E-state index in [9.17, 15) is 0 Å². The maximum atomic E-state index is 5.87. The summed E-state index contributed by atoms with van der Waals surface area (Å²) < 4.78 is 2.37. The highest BCUT2D eigenvalue weighted by atomic mass is 32.1. The summed E-state index contributed by atoms with van der Waals surface area (Å²) in [6, 6.07) is 25.3. The van der Waals surface area contributed by atoms with Gasteiger partial charge >= 0.3 is 0 Å². The molecule has 1 saturated heterocycles. The zero-order valence-electron chi connectivity index (χ0n) is 19.4. The van der Waals surface area contributed by atoms with E-state index in [1.54, 1.807) is 0 Å². The van der Waals surface area contributed by atoms with Crippen LogP contribution in [0.4, 0.5) is 5.69 Å². The van der Waals surface area contributed by atoms with Crippen LogP contribution in [0.2, 0.25) is 0 Å². The molecule has 5 rings (SSSR count). The number of hydrogen-bond acceptors (Lipinski definition) is 2. The molecule has 0 spiro atoms. The Hall–Kier alpha value is -3.44. The Morgan fingerprint density at radius 3 is 2.36 bits per heavy atom. The van der Waals surface area contributed by atoms with Crippen molar-refractivity contribution >= 4 is 23.0 Å². The van der Waals surface area contributed by atoms with Crippen LogP contribution in [0.1, 0.15) is 45.9 Å². The zero-order chi connectivity index (χ0) is 23.1. The molecule has 2 atom stereocenters. The van der Waals surface area contributed by atoms with Gasteiger partial charge in [-0.25, -0.2) is 0 Å². The Kier molecular flexibility index (Phi) is 5.51. The van der Waals surface area contributed by atoms with Crippen molar-refractivity contribution < 1.29 is 0 Å². The summed E-state index contributed by atoms with van der Waals surface area (Å²) in [6.45, 7) is 8.71. The van der Waals surface area contributed by atoms with Gasteiger partial charge in [0, 0.05) is 29.0 Å². The van der Waals surface area contributed by atoms with Crippen LogP contribution in [0.15, 0.2) is 79.0 Å². The minimum Gasteiger partial charge on any atom is -0.351 e. The van der Waals surface area contributed by atoms with E-state index in [2.05, 4.69) is 102 Å². The lowest BCUT2D eigenvalue weighted by molar-refractivity contribution is 0.565. The number of pyridine rings is 1. The van der Waals surface area contributed by atoms with Crippen LogP contribution in [-0.2, 0) is 0 Å². The lowest BCUT2D eigenvalue weighted by Gasteiger charge is -2.28. The Balaban J connectivity index is 1.70. The number of nitrogens with zero attached hydrogens (tertiary/aromatic N) is 3. The molecule has 1 N–H and O–H groups in total. The summed E-state index contributed by atoms with van der Waals surface area (Å²) in [5, 5.41) is 4.29. The van der Waals surface area contributed by atoms with Crippen molar-refractivity contribution in [2.24, 2.45) is 0 Å². The number of para-hydroxylation sites is 1. The van der Waals surface area contributed by atoms with Gasteiger partial charge in [-0.15, -0.1) is 0 Å². The Labute approximate surface area is 200 Å². The molecule has 4 nitrogen and oxygen atoms in total. The molecule has 1 aliphatic rings. The van der Waals surface area contributed by atoms with Gasteiger partial charge in [-0.1, -0.05) is 36.4 Å². The zero-order valence-corrected chi connectivity index (χ0v) is 20.2. The third kappa shape index (κ3) is 3.72. The maximum Gasteiger partial charge on any atom is 0.174 e. The van der Waals surface area contributed by atoms with E-state index in [0.717, 1.165) is 16.5 Å². The molecular weight excluding hydrogens is 424 g/mol. The molecule has 5 heteroatoms. The normalized spacial score (nSPS) is 17.9. The van der Waals surface area contributed by atoms with Crippen molar-refractivity contribution in [2.75, 3.05) is 4.90 Å². The van der Waals surface area contributed by atoms with E-state index in [4.69, 9.17) is 12.2 Å². The Bertz CT molecular complexity index is 1310. The molecule has 0 amide bonds. The summed E-state index contributed by atoms with van der Waals surface area (Å²) in [6.07, 6.45) is 1.85. The van der Waals surface area contributed by atoms with Gasteiger partial charge in [-0.2, -0.15) is 0 Å². The number of aromatic nitrogens is 2. The van der Waals surface area contributed by atoms with Crippen molar-refractivity contribution in [3.05, 3.63) is 113 Å². The first-order chi connectivity index (χ1) is 16.0. The number of thiocarbonyl (C=S) groups is 1. The first-order valence-electron chi connectivity index (χ1n) is 11.3. The molecule has 4 aromatic rings. The first kappa shape index (κ1) is 21.4. The van der Waals surface area contributed by atoms with Crippen LogP contribution in [0, 0.1) is 27.7 Å². The molecule has 166 valence electrons. The third-order valence-electron chi connectivity index (χ3n) is 6.53. The van der Waals surface area contributed by atoms with Crippen molar-refractivity contribution in [3.8, 4) is 5.69 Å². The third-order valence-corrected chi connectivity index (χ3v) is 6.84. The van der Waals surface area contributed by atoms with Crippen molar-refractivity contribution in [1.29, 1.82) is 0 Å². The standard InChI is InChI=1S/C28H28N4S/c1-18-13-14-19(2)25(16-18)31-20(3)17-23(21(31)4)27-26(24-12-8-9-15-29-24)30-28(33)32(27)22-10-6-5-7-11-22/h5-17,26-27H,1-4H3,(H,30,33). The topological polar surface area (TPSA) is 33.1 Å². The highest BCUT2D eigenvalue weighted by Gasteiger charge is 2.42. The van der Waals surface area contributed by atoms with E-state index in [0.29, 0.717) is 0 Å². The number of nitrogens with one attached hydrogen (secondary N) is 1. The van der Waals surface area contributed by atoms with Gasteiger partial charge in [0.05, 0.1) is 17.8 Å². The SMILES string of the molecule is Cc1ccc(C)c(-n2c(C)cc(C3C(c4ccccn4)NC(=S)N3c3ccccc3)c2C)c1. The molecular formula is C28H28N4S. The summed E-state index contributed by atoms with van der Waals surface area (Å²) >= 11 is 5.87. The average molecular weight is 453 g/mol. The largest absolute Gasteiger partial charge is 0.351 e. The molecule has 0 radical (unpaired) electrons. The van der Waals surface area contributed by atoms with Crippen LogP contribution >= 0.6 is 12.2 Å². The molecule has 0 saturated carbocycles. The average Bonchev–Trinajstić information content (AvgIpc) is 3.32. The van der Waals surface area contributed by atoms with Gasteiger partial charge < -0.3 is 14.8 Å². The minimum atomic E-state index is -0.0496. The second-order valence-electron chi connectivity index (χ2n) is 8.78. The molecule has 1 aliphatic heterocycles. The second kappa shape index (κ2) is 8.49. The summed E-state index contributed by atoms with van der Waals surface area (Å²) in [4.78, 5) is 6.93. The highest BCUT2D eigenvalue weighted by molar-refractivity contribution is 7.80. The smallest absolute Gasteiger partial charge is 0.174 e. The molecule has 2 aromatic carbocycles. The van der Waals surface area contributed by atoms with Crippen LogP contribution in [0.3, 0.4) is 0 Å². The van der Waals surface area contributed by atoms with Crippen molar-refractivity contribution in [3.63, 3.8) is 0 Å². The van der Waals surface area contributed by atoms with E-state index in [1.807, 2.05) is 24.4 Å². The van der Waals surface area contributed by atoms with E-state index in [1.165, 1.54) is 33.8 Å². The van der Waals surface area contributed by atoms with Crippen molar-refractivity contribution in [2.45, 2.75) is 39.8 Å². The molecule has 0 aliphatic carbocycles. The predicted molar refractivity (Wildman–Crippen MR) is 139 cm³/mol. The summed E-state index contributed by atoms with van der Waals surface area (Å²) in [5.41, 5.74) is 9.49. The molecule has 3 heterocycles. The van der Waals surface area contributed by atoms with Crippen LogP contribution in [-0.4, -0.2) is 14.7 Å². The van der Waals surface area contributed by atoms with Gasteiger partial charge in [-0.05, 0) is 93.0 Å². The summed E-state index contributed by atoms with van der Waals surface area (Å²) in [5.74, 6) is 0. The van der Waals surface area contributed by atoms with Crippen molar-refractivity contribution in [1.82, 2.24) is 14.9 Å². The lowest BCUT2D eigenvalue weighted by Crippen LogP contribution is -2.29. The van der Waals surface area contributed by atoms with Crippen LogP contribution in [0.5, 0.6) is 0 Å². The number of benzene rings is 2. The van der Waals surface area contributed by atoms with Gasteiger partial charge in [0.1, 0.15) is 0 Å². The molecule has 1 fully saturated rings. The number of aryl methyl sites for hydroxylation is 3. The quantitative estimate of drug-likeness (QED) is 0.369. The maximum absolute atomic E-state index is 5.87. The van der Waals surface area contributed by atoms with Gasteiger partial charge in [0.25, 0.3) is 0 Å². The minimum absolute atomic E-state index is 0.0140. The van der Waals surface area contributed by atoms with E-state index < -0.39 is 0 Å². The van der Waals surface area contributed by atoms with Gasteiger partial charge in [0.2, 0.25) is 0 Å². The monoisotopic (exact) mass is 452 g/mol. The fourth-order valence-corrected chi connectivity index (χ4v) is 5.30. The fourth-order valence-electron chi connectivity index (χ4n) is 4.96. The Morgan fingerprint density at radius 1 is 0.879 bits per heavy atom. The summed E-state index contributed by atoms with van der Waals surface area (Å²) in [7, 11) is 0. The van der Waals surface area contributed by atoms with Crippen LogP contribution in [0.25, 0.3) is 5.69 Å². The number of anilines is 1. The Morgan fingerprint density at radius 2 is 1.64 bits per heavy atom. The predicted octanol–water partition coefficient (Wildman–Crippen LogP) is 6.28. The van der Waals surface area contributed by atoms with E-state index in [-0.39, 0.29) is 12.1 Å². The van der Waals surface area contributed by atoms with Crippen LogP contribution < -0.4 is 10.2 Å². The molecule has 2 aromatic heterocycles. The van der Waals surface area contributed by atoms with Gasteiger partial charge in [-0.3, -0.25) is 4.98 Å². The molecule has 2 unspecified atom stereocenters. The first-order valence-corrected chi connectivity index (χ1v) is 11.7. The number of hydrogen-bond donors (Lipinski definition) is 1. The second-order valence-corrected chi connectivity index (χ2v) is 9.17. The molecule has 33 heavy (non-hydrogen) atoms. The highest BCUT2D eigenvalue weighted by Crippen LogP contribution is 2.43. The fraction of sp³-hybridized carbons (Fsp3) is 0.214. The van der Waals surface area contributed by atoms with Gasteiger partial charge in [0.15, 0.2) is 5.11 Å². The number of rotatable bonds is 4. The van der Waals surface area contributed by atoms with E-state index >= 15 is 0 Å².